The van der Waals surface area contributed by atoms with E-state index in [0.29, 0.717) is 5.69 Å². The van der Waals surface area contributed by atoms with Gasteiger partial charge in [0, 0.05) is 14.2 Å². The molecule has 0 radical (unpaired) electrons. The summed E-state index contributed by atoms with van der Waals surface area (Å²) in [6, 6.07) is 13.1. The summed E-state index contributed by atoms with van der Waals surface area (Å²) in [5.74, 6) is -0.252. The van der Waals surface area contributed by atoms with Crippen LogP contribution < -0.4 is 5.32 Å². The summed E-state index contributed by atoms with van der Waals surface area (Å²) in [4.78, 5) is 2.34. The molecule has 3 rings (SSSR count). The number of halogens is 2. The fourth-order valence-electron chi connectivity index (χ4n) is 1.97. The van der Waals surface area contributed by atoms with Gasteiger partial charge >= 0.3 is 0 Å². The molecule has 0 bridgehead atoms. The second kappa shape index (κ2) is 6.08. The molecule has 0 fully saturated rings. The van der Waals surface area contributed by atoms with Gasteiger partial charge in [0.05, 0.1) is 11.7 Å². The molecule has 2 heterocycles. The molecule has 0 unspecified atom stereocenters. The number of hydrogen-bond donors (Lipinski definition) is 1. The van der Waals surface area contributed by atoms with Crippen molar-refractivity contribution < 1.29 is 4.39 Å². The van der Waals surface area contributed by atoms with Gasteiger partial charge in [0.25, 0.3) is 0 Å². The van der Waals surface area contributed by atoms with E-state index in [0.717, 1.165) is 4.47 Å². The van der Waals surface area contributed by atoms with Crippen LogP contribution in [0.15, 0.2) is 57.7 Å². The Kier molecular flexibility index (Phi) is 4.19. The monoisotopic (exact) mass is 367 g/mol. The van der Waals surface area contributed by atoms with Crippen molar-refractivity contribution in [2.24, 2.45) is 0 Å². The van der Waals surface area contributed by atoms with E-state index < -0.39 is 0 Å². The predicted octanol–water partition coefficient (Wildman–Crippen LogP) is 5.91. The van der Waals surface area contributed by atoms with Crippen LogP contribution in [0.3, 0.4) is 0 Å². The Hall–Kier alpha value is -1.17. The van der Waals surface area contributed by atoms with Crippen molar-refractivity contribution in [1.29, 1.82) is 0 Å². The average Bonchev–Trinajstić information content (AvgIpc) is 3.12. The number of nitrogens with one attached hydrogen (secondary N) is 1. The summed E-state index contributed by atoms with van der Waals surface area (Å²) >= 11 is 6.74. The quantitative estimate of drug-likeness (QED) is 0.603. The summed E-state index contributed by atoms with van der Waals surface area (Å²) < 4.78 is 14.7. The fraction of sp³-hybridized carbons (Fsp3) is 0.0667. The number of benzene rings is 1. The van der Waals surface area contributed by atoms with Gasteiger partial charge in [0.2, 0.25) is 0 Å². The first-order valence-corrected chi connectivity index (χ1v) is 8.58. The van der Waals surface area contributed by atoms with Gasteiger partial charge in [-0.3, -0.25) is 0 Å². The molecule has 0 atom stereocenters. The van der Waals surface area contributed by atoms with Crippen LogP contribution in [0.2, 0.25) is 0 Å². The number of thiophene rings is 2. The van der Waals surface area contributed by atoms with Crippen molar-refractivity contribution in [2.75, 3.05) is 5.32 Å². The van der Waals surface area contributed by atoms with Gasteiger partial charge in [-0.1, -0.05) is 18.2 Å². The molecular weight excluding hydrogens is 357 g/mol. The van der Waals surface area contributed by atoms with E-state index in [1.807, 2.05) is 29.0 Å². The molecule has 1 N–H and O–H groups in total. The number of anilines is 1. The SMILES string of the molecule is Fc1cccc(Br)c1NC(c1cccs1)c1cccs1. The highest BCUT2D eigenvalue weighted by Gasteiger charge is 2.19. The fourth-order valence-corrected chi connectivity index (χ4v) is 4.09. The molecule has 2 aromatic heterocycles. The van der Waals surface area contributed by atoms with Crippen LogP contribution in [-0.2, 0) is 0 Å². The van der Waals surface area contributed by atoms with Crippen LogP contribution >= 0.6 is 38.6 Å². The maximum Gasteiger partial charge on any atom is 0.147 e. The Morgan fingerprint density at radius 2 is 1.60 bits per heavy atom. The van der Waals surface area contributed by atoms with Crippen molar-refractivity contribution >= 4 is 44.3 Å². The first kappa shape index (κ1) is 13.8. The highest BCUT2D eigenvalue weighted by molar-refractivity contribution is 9.10. The van der Waals surface area contributed by atoms with E-state index in [4.69, 9.17) is 0 Å². The molecule has 0 aliphatic carbocycles. The summed E-state index contributed by atoms with van der Waals surface area (Å²) in [7, 11) is 0. The van der Waals surface area contributed by atoms with Gasteiger partial charge in [-0.05, 0) is 51.0 Å². The second-order valence-corrected chi connectivity index (χ2v) is 7.02. The predicted molar refractivity (Wildman–Crippen MR) is 88.2 cm³/mol. The first-order valence-electron chi connectivity index (χ1n) is 6.03. The van der Waals surface area contributed by atoms with Crippen molar-refractivity contribution in [3.05, 3.63) is 73.3 Å². The highest BCUT2D eigenvalue weighted by Crippen LogP contribution is 2.35. The van der Waals surface area contributed by atoms with E-state index in [1.54, 1.807) is 28.7 Å². The zero-order valence-corrected chi connectivity index (χ0v) is 13.6. The Balaban J connectivity index is 1.99. The normalized spacial score (nSPS) is 10.9. The molecule has 1 nitrogen and oxygen atoms in total. The number of rotatable bonds is 4. The van der Waals surface area contributed by atoms with E-state index in [2.05, 4.69) is 33.4 Å². The molecular formula is C15H11BrFNS2. The number of hydrogen-bond acceptors (Lipinski definition) is 3. The maximum atomic E-state index is 14.0. The third-order valence-electron chi connectivity index (χ3n) is 2.91. The molecule has 0 saturated heterocycles. The standard InChI is InChI=1S/C15H11BrFNS2/c16-10-4-1-5-11(17)14(10)18-15(12-6-2-8-19-12)13-7-3-9-20-13/h1-9,15,18H. The molecule has 3 aromatic rings. The molecule has 5 heteroatoms. The first-order chi connectivity index (χ1) is 9.75. The third kappa shape index (κ3) is 2.80. The van der Waals surface area contributed by atoms with Gasteiger partial charge < -0.3 is 5.32 Å². The van der Waals surface area contributed by atoms with Gasteiger partial charge in [0.15, 0.2) is 0 Å². The highest BCUT2D eigenvalue weighted by atomic mass is 79.9. The minimum atomic E-state index is -0.252. The molecule has 0 saturated carbocycles. The topological polar surface area (TPSA) is 12.0 Å². The second-order valence-electron chi connectivity index (χ2n) is 4.20. The van der Waals surface area contributed by atoms with E-state index in [-0.39, 0.29) is 11.9 Å². The van der Waals surface area contributed by atoms with Crippen molar-refractivity contribution in [1.82, 2.24) is 0 Å². The van der Waals surface area contributed by atoms with Crippen molar-refractivity contribution in [2.45, 2.75) is 6.04 Å². The Bertz CT molecular complexity index is 625. The van der Waals surface area contributed by atoms with Crippen LogP contribution in [0.5, 0.6) is 0 Å². The summed E-state index contributed by atoms with van der Waals surface area (Å²) in [6.45, 7) is 0. The summed E-state index contributed by atoms with van der Waals surface area (Å²) in [6.07, 6.45) is 0. The van der Waals surface area contributed by atoms with E-state index >= 15 is 0 Å². The van der Waals surface area contributed by atoms with E-state index in [1.165, 1.54) is 15.8 Å². The molecule has 1 aromatic carbocycles. The van der Waals surface area contributed by atoms with Crippen LogP contribution in [0.1, 0.15) is 15.8 Å². The Morgan fingerprint density at radius 3 is 2.10 bits per heavy atom. The van der Waals surface area contributed by atoms with Crippen molar-refractivity contribution in [3.8, 4) is 0 Å². The van der Waals surface area contributed by atoms with Crippen LogP contribution in [0, 0.1) is 5.82 Å². The van der Waals surface area contributed by atoms with Crippen LogP contribution in [0.4, 0.5) is 10.1 Å². The van der Waals surface area contributed by atoms with Crippen LogP contribution in [-0.4, -0.2) is 0 Å². The summed E-state index contributed by atoms with van der Waals surface area (Å²) in [5, 5.41) is 7.39. The summed E-state index contributed by atoms with van der Waals surface area (Å²) in [5.41, 5.74) is 0.499. The Morgan fingerprint density at radius 1 is 0.950 bits per heavy atom. The maximum absolute atomic E-state index is 14.0. The van der Waals surface area contributed by atoms with Gasteiger partial charge in [0.1, 0.15) is 5.82 Å². The van der Waals surface area contributed by atoms with E-state index in [9.17, 15) is 4.39 Å². The molecule has 0 spiro atoms. The average molecular weight is 368 g/mol. The molecule has 20 heavy (non-hydrogen) atoms. The molecule has 0 aliphatic rings. The molecule has 0 amide bonds. The van der Waals surface area contributed by atoms with Gasteiger partial charge in [-0.2, -0.15) is 0 Å². The van der Waals surface area contributed by atoms with Gasteiger partial charge in [-0.15, -0.1) is 22.7 Å². The van der Waals surface area contributed by atoms with Crippen LogP contribution in [0.25, 0.3) is 0 Å². The minimum Gasteiger partial charge on any atom is -0.369 e. The minimum absolute atomic E-state index is 0.0248. The molecule has 0 aliphatic heterocycles. The lowest BCUT2D eigenvalue weighted by Crippen LogP contribution is -2.11. The molecule has 102 valence electrons. The zero-order chi connectivity index (χ0) is 13.9. The Labute approximate surface area is 133 Å². The largest absolute Gasteiger partial charge is 0.369 e. The smallest absolute Gasteiger partial charge is 0.147 e. The lowest BCUT2D eigenvalue weighted by Gasteiger charge is -2.19. The van der Waals surface area contributed by atoms with Crippen molar-refractivity contribution in [3.63, 3.8) is 0 Å². The lowest BCUT2D eigenvalue weighted by atomic mass is 10.2. The zero-order valence-electron chi connectivity index (χ0n) is 10.3. The lowest BCUT2D eigenvalue weighted by molar-refractivity contribution is 0.628. The van der Waals surface area contributed by atoms with Gasteiger partial charge in [-0.25, -0.2) is 4.39 Å². The third-order valence-corrected chi connectivity index (χ3v) is 5.44. The number of para-hydroxylation sites is 1.